The monoisotopic (exact) mass is 406 g/mol. The van der Waals surface area contributed by atoms with Crippen LogP contribution in [0, 0.1) is 59.2 Å². The predicted octanol–water partition coefficient (Wildman–Crippen LogP) is 5.35. The van der Waals surface area contributed by atoms with E-state index in [0.29, 0.717) is 30.3 Å². The second-order valence-corrected chi connectivity index (χ2v) is 10.5. The van der Waals surface area contributed by atoms with E-state index >= 15 is 0 Å². The van der Waals surface area contributed by atoms with Crippen LogP contribution in [0.4, 0.5) is 0 Å². The minimum Gasteiger partial charge on any atom is -0.469 e. The minimum atomic E-state index is 0.0197. The molecule has 0 heterocycles. The second kappa shape index (κ2) is 9.39. The lowest BCUT2D eigenvalue weighted by atomic mass is 9.76. The fourth-order valence-electron chi connectivity index (χ4n) is 7.00. The Kier molecular flexibility index (Phi) is 7.32. The third kappa shape index (κ3) is 4.37. The fraction of sp³-hybridized carbons (Fsp3) is 0.920. The SMILES string of the molecule is CCCCOC(=O)C1CC2CC1C(C)C2C.COC(=O)C1CC2CC1C(C)C2C. The summed E-state index contributed by atoms with van der Waals surface area (Å²) in [4.78, 5) is 23.4. The molecule has 4 saturated carbocycles. The van der Waals surface area contributed by atoms with Crippen LogP contribution in [0.5, 0.6) is 0 Å². The first-order valence-electron chi connectivity index (χ1n) is 12.0. The van der Waals surface area contributed by atoms with E-state index in [1.165, 1.54) is 20.0 Å². The summed E-state index contributed by atoms with van der Waals surface area (Å²) in [5.41, 5.74) is 0. The molecule has 4 nitrogen and oxygen atoms in total. The summed E-state index contributed by atoms with van der Waals surface area (Å²) in [6.45, 7) is 12.0. The molecule has 4 aliphatic rings. The predicted molar refractivity (Wildman–Crippen MR) is 114 cm³/mol. The quantitative estimate of drug-likeness (QED) is 0.456. The summed E-state index contributed by atoms with van der Waals surface area (Å²) < 4.78 is 10.2. The molecule has 0 spiro atoms. The van der Waals surface area contributed by atoms with Gasteiger partial charge in [-0.15, -0.1) is 0 Å². The fourth-order valence-corrected chi connectivity index (χ4v) is 7.00. The van der Waals surface area contributed by atoms with Crippen molar-refractivity contribution in [3.8, 4) is 0 Å². The van der Waals surface area contributed by atoms with Crippen LogP contribution < -0.4 is 0 Å². The number of carbonyl (C=O) groups is 2. The number of fused-ring (bicyclic) bond motifs is 4. The molecule has 4 rings (SSSR count). The molecule has 0 aliphatic heterocycles. The Morgan fingerprint density at radius 2 is 1.24 bits per heavy atom. The lowest BCUT2D eigenvalue weighted by molar-refractivity contribution is -0.151. The lowest BCUT2D eigenvalue weighted by Gasteiger charge is -2.30. The zero-order chi connectivity index (χ0) is 21.3. The maximum atomic E-state index is 11.9. The highest BCUT2D eigenvalue weighted by Gasteiger charge is 2.52. The van der Waals surface area contributed by atoms with Gasteiger partial charge >= 0.3 is 11.9 Å². The molecule has 0 aromatic rings. The number of esters is 2. The van der Waals surface area contributed by atoms with Crippen LogP contribution in [0.25, 0.3) is 0 Å². The molecule has 0 N–H and O–H groups in total. The van der Waals surface area contributed by atoms with Crippen molar-refractivity contribution in [2.24, 2.45) is 59.2 Å². The first-order chi connectivity index (χ1) is 13.8. The number of ether oxygens (including phenoxy) is 2. The molecule has 4 heteroatoms. The molecule has 166 valence electrons. The van der Waals surface area contributed by atoms with Gasteiger partial charge in [-0.3, -0.25) is 9.59 Å². The Hall–Kier alpha value is -1.06. The second-order valence-electron chi connectivity index (χ2n) is 10.5. The van der Waals surface area contributed by atoms with Gasteiger partial charge in [-0.05, 0) is 79.4 Å². The third-order valence-electron chi connectivity index (χ3n) is 9.34. The average molecular weight is 407 g/mol. The third-order valence-corrected chi connectivity index (χ3v) is 9.34. The van der Waals surface area contributed by atoms with E-state index in [2.05, 4.69) is 34.6 Å². The van der Waals surface area contributed by atoms with Gasteiger partial charge < -0.3 is 9.47 Å². The number of methoxy groups -OCH3 is 1. The van der Waals surface area contributed by atoms with Gasteiger partial charge in [-0.2, -0.15) is 0 Å². The zero-order valence-corrected chi connectivity index (χ0v) is 19.4. The van der Waals surface area contributed by atoms with Crippen molar-refractivity contribution in [1.29, 1.82) is 0 Å². The summed E-state index contributed by atoms with van der Waals surface area (Å²) >= 11 is 0. The van der Waals surface area contributed by atoms with Crippen LogP contribution in [0.2, 0.25) is 0 Å². The largest absolute Gasteiger partial charge is 0.469 e. The van der Waals surface area contributed by atoms with Gasteiger partial charge in [0.2, 0.25) is 0 Å². The molecular formula is C25H42O4. The molecule has 29 heavy (non-hydrogen) atoms. The first kappa shape index (κ1) is 22.6. The molecule has 0 aromatic heterocycles. The number of carbonyl (C=O) groups excluding carboxylic acids is 2. The van der Waals surface area contributed by atoms with Gasteiger partial charge in [0.05, 0.1) is 25.6 Å². The van der Waals surface area contributed by atoms with Gasteiger partial charge in [0, 0.05) is 0 Å². The van der Waals surface area contributed by atoms with Gasteiger partial charge in [0.15, 0.2) is 0 Å². The van der Waals surface area contributed by atoms with Gasteiger partial charge in [-0.1, -0.05) is 41.0 Å². The van der Waals surface area contributed by atoms with Crippen molar-refractivity contribution in [2.45, 2.75) is 73.1 Å². The van der Waals surface area contributed by atoms with Crippen LogP contribution in [-0.4, -0.2) is 25.7 Å². The van der Waals surface area contributed by atoms with Crippen LogP contribution in [-0.2, 0) is 19.1 Å². The van der Waals surface area contributed by atoms with Crippen molar-refractivity contribution in [1.82, 2.24) is 0 Å². The smallest absolute Gasteiger partial charge is 0.309 e. The Morgan fingerprint density at radius 3 is 1.62 bits per heavy atom. The maximum absolute atomic E-state index is 11.9. The molecule has 4 aliphatic carbocycles. The highest BCUT2D eigenvalue weighted by atomic mass is 16.5. The summed E-state index contributed by atoms with van der Waals surface area (Å²) in [6.07, 6.45) is 6.76. The summed E-state index contributed by atoms with van der Waals surface area (Å²) in [5, 5.41) is 0. The molecule has 10 atom stereocenters. The van der Waals surface area contributed by atoms with E-state index in [4.69, 9.17) is 9.47 Å². The molecule has 0 saturated heterocycles. The van der Waals surface area contributed by atoms with E-state index in [9.17, 15) is 9.59 Å². The highest BCUT2D eigenvalue weighted by molar-refractivity contribution is 5.74. The molecular weight excluding hydrogens is 364 g/mol. The maximum Gasteiger partial charge on any atom is 0.309 e. The Labute approximate surface area is 177 Å². The van der Waals surface area contributed by atoms with Crippen molar-refractivity contribution in [2.75, 3.05) is 13.7 Å². The van der Waals surface area contributed by atoms with Gasteiger partial charge in [-0.25, -0.2) is 0 Å². The van der Waals surface area contributed by atoms with Gasteiger partial charge in [0.1, 0.15) is 0 Å². The zero-order valence-electron chi connectivity index (χ0n) is 19.4. The van der Waals surface area contributed by atoms with Crippen molar-refractivity contribution < 1.29 is 19.1 Å². The molecule has 4 bridgehead atoms. The molecule has 10 unspecified atom stereocenters. The topological polar surface area (TPSA) is 52.6 Å². The van der Waals surface area contributed by atoms with E-state index in [1.54, 1.807) is 0 Å². The lowest BCUT2D eigenvalue weighted by Crippen LogP contribution is -2.31. The molecule has 0 amide bonds. The Bertz CT molecular complexity index is 583. The van der Waals surface area contributed by atoms with Crippen molar-refractivity contribution in [3.63, 3.8) is 0 Å². The van der Waals surface area contributed by atoms with Crippen LogP contribution >= 0.6 is 0 Å². The Morgan fingerprint density at radius 1 is 0.759 bits per heavy atom. The van der Waals surface area contributed by atoms with E-state index in [0.717, 1.165) is 49.4 Å². The Balaban J connectivity index is 0.000000169. The summed E-state index contributed by atoms with van der Waals surface area (Å²) in [6, 6.07) is 0. The standard InChI is InChI=1S/C14H24O2.C11H18O2/c1-4-5-6-16-14(15)13-8-11-7-12(13)10(3)9(11)2;1-6-7(2)9-4-8(6)5-10(9)11(12)13-3/h9-13H,4-8H2,1-3H3;6-10H,4-5H2,1-3H3. The summed E-state index contributed by atoms with van der Waals surface area (Å²) in [5.74, 6) is 6.34. The average Bonchev–Trinajstić information content (AvgIpc) is 3.46. The van der Waals surface area contributed by atoms with E-state index < -0.39 is 0 Å². The number of rotatable bonds is 5. The number of unbranched alkanes of at least 4 members (excludes halogenated alkanes) is 1. The number of hydrogen-bond donors (Lipinski definition) is 0. The van der Waals surface area contributed by atoms with Crippen LogP contribution in [0.3, 0.4) is 0 Å². The molecule has 4 fully saturated rings. The van der Waals surface area contributed by atoms with Crippen molar-refractivity contribution in [3.05, 3.63) is 0 Å². The van der Waals surface area contributed by atoms with Crippen molar-refractivity contribution >= 4 is 11.9 Å². The first-order valence-corrected chi connectivity index (χ1v) is 12.0. The normalized spacial score (nSPS) is 44.3. The molecule has 0 aromatic carbocycles. The molecule has 0 radical (unpaired) electrons. The van der Waals surface area contributed by atoms with Crippen LogP contribution in [0.1, 0.15) is 73.1 Å². The van der Waals surface area contributed by atoms with Crippen LogP contribution in [0.15, 0.2) is 0 Å². The van der Waals surface area contributed by atoms with E-state index in [-0.39, 0.29) is 23.8 Å². The minimum absolute atomic E-state index is 0.0197. The number of hydrogen-bond acceptors (Lipinski definition) is 4. The highest BCUT2D eigenvalue weighted by Crippen LogP contribution is 2.56. The summed E-state index contributed by atoms with van der Waals surface area (Å²) in [7, 11) is 1.50. The van der Waals surface area contributed by atoms with Gasteiger partial charge in [0.25, 0.3) is 0 Å². The van der Waals surface area contributed by atoms with E-state index in [1.807, 2.05) is 0 Å².